The van der Waals surface area contributed by atoms with E-state index in [2.05, 4.69) is 10.4 Å². The molecule has 1 aliphatic rings. The molecule has 0 bridgehead atoms. The molecule has 1 aromatic rings. The molecular formula is C13H22N4O. The van der Waals surface area contributed by atoms with Crippen LogP contribution >= 0.6 is 0 Å². The molecule has 1 amide bonds. The van der Waals surface area contributed by atoms with Crippen LogP contribution in [-0.2, 0) is 13.5 Å². The van der Waals surface area contributed by atoms with E-state index in [1.807, 2.05) is 14.0 Å². The molecule has 0 aliphatic heterocycles. The Labute approximate surface area is 108 Å². The van der Waals surface area contributed by atoms with E-state index in [9.17, 15) is 4.79 Å². The van der Waals surface area contributed by atoms with Crippen molar-refractivity contribution < 1.29 is 4.79 Å². The zero-order valence-corrected chi connectivity index (χ0v) is 11.1. The first-order chi connectivity index (χ1) is 8.65. The smallest absolute Gasteiger partial charge is 0.254 e. The van der Waals surface area contributed by atoms with Gasteiger partial charge in [0.2, 0.25) is 0 Å². The van der Waals surface area contributed by atoms with Gasteiger partial charge in [0, 0.05) is 19.3 Å². The first-order valence-electron chi connectivity index (χ1n) is 6.69. The number of aromatic nitrogens is 2. The Kier molecular flexibility index (Phi) is 4.01. The van der Waals surface area contributed by atoms with Crippen molar-refractivity contribution in [3.63, 3.8) is 0 Å². The minimum absolute atomic E-state index is 0.00898. The molecule has 3 N–H and O–H groups in total. The van der Waals surface area contributed by atoms with Crippen molar-refractivity contribution in [3.8, 4) is 0 Å². The molecule has 18 heavy (non-hydrogen) atoms. The van der Waals surface area contributed by atoms with Gasteiger partial charge in [0.1, 0.15) is 0 Å². The number of amides is 1. The largest absolute Gasteiger partial charge is 0.349 e. The van der Waals surface area contributed by atoms with E-state index in [-0.39, 0.29) is 11.9 Å². The van der Waals surface area contributed by atoms with E-state index in [0.717, 1.165) is 31.4 Å². The van der Waals surface area contributed by atoms with Crippen molar-refractivity contribution >= 4 is 5.91 Å². The van der Waals surface area contributed by atoms with Gasteiger partial charge < -0.3 is 11.1 Å². The normalized spacial score (nSPS) is 23.3. The average molecular weight is 250 g/mol. The summed E-state index contributed by atoms with van der Waals surface area (Å²) in [5.41, 5.74) is 7.29. The maximum atomic E-state index is 12.2. The first kappa shape index (κ1) is 13.1. The molecule has 0 aromatic carbocycles. The summed E-state index contributed by atoms with van der Waals surface area (Å²) in [7, 11) is 1.84. The number of hydrogen-bond acceptors (Lipinski definition) is 3. The zero-order chi connectivity index (χ0) is 13.1. The molecule has 100 valence electrons. The second-order valence-corrected chi connectivity index (χ2v) is 5.02. The fourth-order valence-electron chi connectivity index (χ4n) is 2.74. The summed E-state index contributed by atoms with van der Waals surface area (Å²) in [5.74, 6) is 0.418. The Morgan fingerprint density at radius 1 is 1.61 bits per heavy atom. The summed E-state index contributed by atoms with van der Waals surface area (Å²) < 4.78 is 1.70. The third-order valence-electron chi connectivity index (χ3n) is 3.76. The Bertz CT molecular complexity index is 427. The van der Waals surface area contributed by atoms with E-state index in [4.69, 9.17) is 5.73 Å². The van der Waals surface area contributed by atoms with Gasteiger partial charge in [0.25, 0.3) is 5.91 Å². The number of hydrogen-bond donors (Lipinski definition) is 2. The molecule has 1 aromatic heterocycles. The van der Waals surface area contributed by atoms with Gasteiger partial charge in [-0.2, -0.15) is 5.10 Å². The first-order valence-corrected chi connectivity index (χ1v) is 6.69. The number of nitrogens with zero attached hydrogens (tertiary/aromatic N) is 2. The highest BCUT2D eigenvalue weighted by molar-refractivity contribution is 5.95. The molecule has 1 heterocycles. The third-order valence-corrected chi connectivity index (χ3v) is 3.76. The second-order valence-electron chi connectivity index (χ2n) is 5.02. The monoisotopic (exact) mass is 250 g/mol. The van der Waals surface area contributed by atoms with Crippen molar-refractivity contribution in [1.82, 2.24) is 15.1 Å². The molecular weight excluding hydrogens is 228 g/mol. The van der Waals surface area contributed by atoms with E-state index in [1.165, 1.54) is 0 Å². The van der Waals surface area contributed by atoms with Crippen LogP contribution in [0.5, 0.6) is 0 Å². The van der Waals surface area contributed by atoms with E-state index in [0.29, 0.717) is 18.0 Å². The SMILES string of the molecule is CCc1nn(C)cc1C(=O)NC1CCCC1CN. The van der Waals surface area contributed by atoms with Crippen LogP contribution in [0.4, 0.5) is 0 Å². The molecule has 0 radical (unpaired) electrons. The van der Waals surface area contributed by atoms with Crippen LogP contribution in [0.1, 0.15) is 42.2 Å². The van der Waals surface area contributed by atoms with E-state index >= 15 is 0 Å². The van der Waals surface area contributed by atoms with Crippen molar-refractivity contribution in [2.24, 2.45) is 18.7 Å². The van der Waals surface area contributed by atoms with Gasteiger partial charge in [-0.15, -0.1) is 0 Å². The predicted molar refractivity (Wildman–Crippen MR) is 70.2 cm³/mol. The Balaban J connectivity index is 2.07. The molecule has 0 saturated heterocycles. The van der Waals surface area contributed by atoms with Gasteiger partial charge in [-0.05, 0) is 31.7 Å². The van der Waals surface area contributed by atoms with Crippen LogP contribution < -0.4 is 11.1 Å². The van der Waals surface area contributed by atoms with Gasteiger partial charge in [-0.25, -0.2) is 0 Å². The molecule has 5 heteroatoms. The van der Waals surface area contributed by atoms with Crippen molar-refractivity contribution in [2.75, 3.05) is 6.54 Å². The Morgan fingerprint density at radius 3 is 3.06 bits per heavy atom. The van der Waals surface area contributed by atoms with Crippen LogP contribution in [0, 0.1) is 5.92 Å². The minimum atomic E-state index is -0.00898. The average Bonchev–Trinajstić information content (AvgIpc) is 2.94. The van der Waals surface area contributed by atoms with Crippen LogP contribution in [0.15, 0.2) is 6.20 Å². The number of carbonyl (C=O) groups is 1. The summed E-state index contributed by atoms with van der Waals surface area (Å²) in [4.78, 5) is 12.2. The van der Waals surface area contributed by atoms with Gasteiger partial charge in [-0.1, -0.05) is 13.3 Å². The fourth-order valence-corrected chi connectivity index (χ4v) is 2.74. The lowest BCUT2D eigenvalue weighted by molar-refractivity contribution is 0.0928. The highest BCUT2D eigenvalue weighted by atomic mass is 16.1. The number of aryl methyl sites for hydroxylation is 2. The quantitative estimate of drug-likeness (QED) is 0.831. The summed E-state index contributed by atoms with van der Waals surface area (Å²) >= 11 is 0. The molecule has 5 nitrogen and oxygen atoms in total. The van der Waals surface area contributed by atoms with Gasteiger partial charge in [0.15, 0.2) is 0 Å². The Hall–Kier alpha value is -1.36. The number of rotatable bonds is 4. The van der Waals surface area contributed by atoms with Crippen LogP contribution in [0.25, 0.3) is 0 Å². The summed E-state index contributed by atoms with van der Waals surface area (Å²) in [5, 5.41) is 7.41. The second kappa shape index (κ2) is 5.52. The lowest BCUT2D eigenvalue weighted by Crippen LogP contribution is -2.40. The van der Waals surface area contributed by atoms with E-state index in [1.54, 1.807) is 10.9 Å². The lowest BCUT2D eigenvalue weighted by atomic mass is 10.0. The van der Waals surface area contributed by atoms with Crippen molar-refractivity contribution in [2.45, 2.75) is 38.6 Å². The number of nitrogens with two attached hydrogens (primary N) is 1. The number of nitrogens with one attached hydrogen (secondary N) is 1. The van der Waals surface area contributed by atoms with Crippen molar-refractivity contribution in [1.29, 1.82) is 0 Å². The topological polar surface area (TPSA) is 72.9 Å². The molecule has 0 spiro atoms. The van der Waals surface area contributed by atoms with E-state index < -0.39 is 0 Å². The van der Waals surface area contributed by atoms with Crippen LogP contribution in [-0.4, -0.2) is 28.3 Å². The molecule has 2 atom stereocenters. The Morgan fingerprint density at radius 2 is 2.39 bits per heavy atom. The minimum Gasteiger partial charge on any atom is -0.349 e. The summed E-state index contributed by atoms with van der Waals surface area (Å²) in [6.45, 7) is 2.66. The van der Waals surface area contributed by atoms with Crippen LogP contribution in [0.2, 0.25) is 0 Å². The van der Waals surface area contributed by atoms with Gasteiger partial charge in [-0.3, -0.25) is 9.48 Å². The molecule has 1 aliphatic carbocycles. The highest BCUT2D eigenvalue weighted by Crippen LogP contribution is 2.25. The van der Waals surface area contributed by atoms with Crippen LogP contribution in [0.3, 0.4) is 0 Å². The molecule has 2 unspecified atom stereocenters. The zero-order valence-electron chi connectivity index (χ0n) is 11.1. The third kappa shape index (κ3) is 2.56. The van der Waals surface area contributed by atoms with Gasteiger partial charge >= 0.3 is 0 Å². The molecule has 2 rings (SSSR count). The number of carbonyl (C=O) groups excluding carboxylic acids is 1. The van der Waals surface area contributed by atoms with Gasteiger partial charge in [0.05, 0.1) is 11.3 Å². The summed E-state index contributed by atoms with van der Waals surface area (Å²) in [6, 6.07) is 0.229. The molecule has 1 fully saturated rings. The maximum Gasteiger partial charge on any atom is 0.254 e. The summed E-state index contributed by atoms with van der Waals surface area (Å²) in [6.07, 6.45) is 5.88. The standard InChI is InChI=1S/C13H22N4O/c1-3-11-10(8-17(2)16-11)13(18)15-12-6-4-5-9(12)7-14/h8-9,12H,3-7,14H2,1-2H3,(H,15,18). The lowest BCUT2D eigenvalue weighted by Gasteiger charge is -2.19. The molecule has 1 saturated carbocycles. The fraction of sp³-hybridized carbons (Fsp3) is 0.692. The highest BCUT2D eigenvalue weighted by Gasteiger charge is 2.28. The maximum absolute atomic E-state index is 12.2. The predicted octanol–water partition coefficient (Wildman–Crippen LogP) is 0.840. The van der Waals surface area contributed by atoms with Crippen molar-refractivity contribution in [3.05, 3.63) is 17.5 Å².